The van der Waals surface area contributed by atoms with Gasteiger partial charge in [-0.2, -0.15) is 0 Å². The molecule has 0 unspecified atom stereocenters. The summed E-state index contributed by atoms with van der Waals surface area (Å²) in [6.07, 6.45) is 0. The van der Waals surface area contributed by atoms with Crippen molar-refractivity contribution < 1.29 is 8.82 Å². The average molecular weight is 305 g/mol. The Morgan fingerprint density at radius 2 is 1.81 bits per heavy atom. The van der Waals surface area contributed by atoms with E-state index in [4.69, 9.17) is 4.43 Å². The minimum Gasteiger partial charge on any atom is -0.545 e. The molecule has 1 aromatic rings. The summed E-state index contributed by atoms with van der Waals surface area (Å²) in [5.74, 6) is 0.136. The van der Waals surface area contributed by atoms with Gasteiger partial charge in [0.15, 0.2) is 5.82 Å². The lowest BCUT2D eigenvalue weighted by molar-refractivity contribution is 0.472. The first kappa shape index (κ1) is 13.7. The number of rotatable bonds is 2. The lowest BCUT2D eigenvalue weighted by Gasteiger charge is -2.25. The predicted octanol–water partition coefficient (Wildman–Crippen LogP) is 4.25. The van der Waals surface area contributed by atoms with Gasteiger partial charge in [0, 0.05) is 5.56 Å². The molecule has 0 spiro atoms. The van der Waals surface area contributed by atoms with Gasteiger partial charge in [-0.1, -0.05) is 26.8 Å². The van der Waals surface area contributed by atoms with Crippen LogP contribution in [0.3, 0.4) is 0 Å². The highest BCUT2D eigenvalue weighted by molar-refractivity contribution is 9.10. The molecule has 0 radical (unpaired) electrons. The summed E-state index contributed by atoms with van der Waals surface area (Å²) in [5, 5.41) is 0. The lowest BCUT2D eigenvalue weighted by atomic mass is 9.86. The maximum Gasteiger partial charge on any atom is 0.229 e. The highest BCUT2D eigenvalue weighted by atomic mass is 79.9. The first-order valence-corrected chi connectivity index (χ1v) is 8.96. The third-order valence-electron chi connectivity index (χ3n) is 2.21. The molecule has 0 aliphatic carbocycles. The molecule has 90 valence electrons. The number of benzene rings is 1. The molecule has 0 N–H and O–H groups in total. The van der Waals surface area contributed by atoms with Crippen LogP contribution in [0.15, 0.2) is 16.6 Å². The first-order chi connectivity index (χ1) is 7.23. The van der Waals surface area contributed by atoms with Crippen LogP contribution in [-0.4, -0.2) is 9.04 Å². The average Bonchev–Trinajstić information content (AvgIpc) is 2.10. The number of halogens is 2. The Labute approximate surface area is 107 Å². The molecule has 16 heavy (non-hydrogen) atoms. The molecule has 0 fully saturated rings. The Balaban J connectivity index is 3.33. The predicted molar refractivity (Wildman–Crippen MR) is 72.3 cm³/mol. The van der Waals surface area contributed by atoms with E-state index >= 15 is 0 Å². The quantitative estimate of drug-likeness (QED) is 0.742. The van der Waals surface area contributed by atoms with Crippen LogP contribution in [0, 0.1) is 5.82 Å². The van der Waals surface area contributed by atoms with Crippen molar-refractivity contribution in [3.63, 3.8) is 0 Å². The largest absolute Gasteiger partial charge is 0.545 e. The molecule has 0 aliphatic heterocycles. The summed E-state index contributed by atoms with van der Waals surface area (Å²) >= 11 is 3.20. The summed E-state index contributed by atoms with van der Waals surface area (Å²) in [4.78, 5) is 0. The van der Waals surface area contributed by atoms with Gasteiger partial charge in [0.2, 0.25) is 9.04 Å². The van der Waals surface area contributed by atoms with Crippen molar-refractivity contribution in [3.05, 3.63) is 28.0 Å². The van der Waals surface area contributed by atoms with E-state index in [-0.39, 0.29) is 11.2 Å². The van der Waals surface area contributed by atoms with E-state index in [0.29, 0.717) is 10.2 Å². The van der Waals surface area contributed by atoms with Crippen molar-refractivity contribution in [1.29, 1.82) is 0 Å². The van der Waals surface area contributed by atoms with Crippen LogP contribution in [0.4, 0.5) is 4.39 Å². The van der Waals surface area contributed by atoms with Gasteiger partial charge in [0.1, 0.15) is 5.75 Å². The van der Waals surface area contributed by atoms with Crippen LogP contribution >= 0.6 is 15.9 Å². The third kappa shape index (κ3) is 3.07. The third-order valence-corrected chi connectivity index (χ3v) is 3.53. The van der Waals surface area contributed by atoms with E-state index in [9.17, 15) is 4.39 Å². The van der Waals surface area contributed by atoms with Gasteiger partial charge in [-0.15, -0.1) is 0 Å². The molecule has 1 rings (SSSR count). The topological polar surface area (TPSA) is 9.23 Å². The lowest BCUT2D eigenvalue weighted by Crippen LogP contribution is -2.19. The van der Waals surface area contributed by atoms with Crippen LogP contribution in [0.5, 0.6) is 5.75 Å². The molecule has 0 aliphatic rings. The van der Waals surface area contributed by atoms with Crippen molar-refractivity contribution in [2.45, 2.75) is 39.3 Å². The summed E-state index contributed by atoms with van der Waals surface area (Å²) in [6, 6.07) is 3.67. The van der Waals surface area contributed by atoms with Crippen LogP contribution in [-0.2, 0) is 5.41 Å². The van der Waals surface area contributed by atoms with E-state index in [1.54, 1.807) is 6.07 Å². The van der Waals surface area contributed by atoms with Gasteiger partial charge >= 0.3 is 0 Å². The van der Waals surface area contributed by atoms with Gasteiger partial charge < -0.3 is 4.43 Å². The Morgan fingerprint density at radius 1 is 1.25 bits per heavy atom. The Kier molecular flexibility index (Phi) is 4.18. The van der Waals surface area contributed by atoms with Crippen LogP contribution in [0.25, 0.3) is 0 Å². The van der Waals surface area contributed by atoms with Gasteiger partial charge in [-0.25, -0.2) is 4.39 Å². The maximum atomic E-state index is 14.0. The molecule has 0 amide bonds. The summed E-state index contributed by atoms with van der Waals surface area (Å²) in [6.45, 7) is 10.2. The van der Waals surface area contributed by atoms with E-state index in [2.05, 4.69) is 36.7 Å². The van der Waals surface area contributed by atoms with Gasteiger partial charge in [-0.3, -0.25) is 0 Å². The molecule has 0 saturated carbocycles. The van der Waals surface area contributed by atoms with E-state index in [1.165, 1.54) is 0 Å². The van der Waals surface area contributed by atoms with Crippen molar-refractivity contribution >= 4 is 25.0 Å². The van der Waals surface area contributed by atoms with Crippen molar-refractivity contribution in [1.82, 2.24) is 0 Å². The second kappa shape index (κ2) is 4.88. The van der Waals surface area contributed by atoms with E-state index in [1.807, 2.05) is 19.2 Å². The van der Waals surface area contributed by atoms with Crippen LogP contribution in [0.2, 0.25) is 13.1 Å². The van der Waals surface area contributed by atoms with E-state index < -0.39 is 9.04 Å². The van der Waals surface area contributed by atoms with Crippen LogP contribution in [0.1, 0.15) is 26.3 Å². The Hall–Kier alpha value is -0.353. The first-order valence-electron chi connectivity index (χ1n) is 5.38. The smallest absolute Gasteiger partial charge is 0.229 e. The van der Waals surface area contributed by atoms with Crippen molar-refractivity contribution in [2.75, 3.05) is 0 Å². The molecule has 4 heteroatoms. The standard InChI is InChI=1S/C12H18BrFOSi/c1-12(2,3)8-6-7-9(13)10(14)11(8)15-16(4)5/h6-7,16H,1-5H3. The molecule has 0 saturated heterocycles. The molecule has 0 bridgehead atoms. The molecule has 0 heterocycles. The summed E-state index contributed by atoms with van der Waals surface area (Å²) in [5.41, 5.74) is 0.814. The fourth-order valence-corrected chi connectivity index (χ4v) is 2.49. The minimum absolute atomic E-state index is 0.111. The number of hydrogen-bond acceptors (Lipinski definition) is 1. The molecule has 0 atom stereocenters. The normalized spacial score (nSPS) is 12.0. The van der Waals surface area contributed by atoms with E-state index in [0.717, 1.165) is 5.56 Å². The zero-order valence-electron chi connectivity index (χ0n) is 10.4. The fraction of sp³-hybridized carbons (Fsp3) is 0.500. The minimum atomic E-state index is -1.31. The van der Waals surface area contributed by atoms with Crippen molar-refractivity contribution in [2.24, 2.45) is 0 Å². The Morgan fingerprint density at radius 3 is 2.25 bits per heavy atom. The van der Waals surface area contributed by atoms with Crippen LogP contribution < -0.4 is 4.43 Å². The highest BCUT2D eigenvalue weighted by Gasteiger charge is 2.23. The van der Waals surface area contributed by atoms with Crippen molar-refractivity contribution in [3.8, 4) is 5.75 Å². The molecular weight excluding hydrogens is 287 g/mol. The summed E-state index contributed by atoms with van der Waals surface area (Å²) in [7, 11) is -1.31. The SMILES string of the molecule is C[SiH](C)Oc1c(C(C)(C)C)ccc(Br)c1F. The Bertz CT molecular complexity index is 385. The highest BCUT2D eigenvalue weighted by Crippen LogP contribution is 2.36. The second-order valence-electron chi connectivity index (χ2n) is 5.15. The molecule has 1 aromatic carbocycles. The number of hydrogen-bond donors (Lipinski definition) is 0. The molecule has 1 nitrogen and oxygen atoms in total. The zero-order valence-corrected chi connectivity index (χ0v) is 13.1. The maximum absolute atomic E-state index is 14.0. The van der Waals surface area contributed by atoms with Gasteiger partial charge in [-0.05, 0) is 40.5 Å². The monoisotopic (exact) mass is 304 g/mol. The van der Waals surface area contributed by atoms with Gasteiger partial charge in [0.25, 0.3) is 0 Å². The summed E-state index contributed by atoms with van der Waals surface area (Å²) < 4.78 is 20.2. The fourth-order valence-electron chi connectivity index (χ4n) is 1.47. The second-order valence-corrected chi connectivity index (χ2v) is 8.34. The molecular formula is C12H18BrFOSi. The van der Waals surface area contributed by atoms with Gasteiger partial charge in [0.05, 0.1) is 4.47 Å². The zero-order chi connectivity index (χ0) is 12.5. The molecule has 0 aromatic heterocycles.